The van der Waals surface area contributed by atoms with Crippen molar-refractivity contribution in [1.82, 2.24) is 4.90 Å². The number of benzene rings is 4. The van der Waals surface area contributed by atoms with Crippen LogP contribution < -0.4 is 10.1 Å². The van der Waals surface area contributed by atoms with Crippen molar-refractivity contribution in [2.75, 3.05) is 19.0 Å². The second-order valence-corrected chi connectivity index (χ2v) is 10.1. The van der Waals surface area contributed by atoms with Crippen LogP contribution in [-0.2, 0) is 9.59 Å². The molecule has 180 valence electrons. The highest BCUT2D eigenvalue weighted by Gasteiger charge is 2.32. The molecule has 0 radical (unpaired) electrons. The highest BCUT2D eigenvalue weighted by molar-refractivity contribution is 8.26. The van der Waals surface area contributed by atoms with Gasteiger partial charge in [-0.25, -0.2) is 0 Å². The monoisotopic (exact) mass is 512 g/mol. The van der Waals surface area contributed by atoms with Crippen LogP contribution in [0.2, 0.25) is 0 Å². The Morgan fingerprint density at radius 1 is 1.00 bits per heavy atom. The lowest BCUT2D eigenvalue weighted by atomic mass is 9.96. The second-order valence-electron chi connectivity index (χ2n) is 8.45. The lowest BCUT2D eigenvalue weighted by molar-refractivity contribution is -0.122. The van der Waals surface area contributed by atoms with Crippen LogP contribution in [0.15, 0.2) is 83.8 Å². The lowest BCUT2D eigenvalue weighted by Gasteiger charge is -2.14. The minimum atomic E-state index is -0.113. The molecule has 5 rings (SSSR count). The summed E-state index contributed by atoms with van der Waals surface area (Å²) in [5.74, 6) is 0.507. The second kappa shape index (κ2) is 10.5. The molecule has 4 aromatic carbocycles. The quantitative estimate of drug-likeness (QED) is 0.171. The Morgan fingerprint density at radius 2 is 1.64 bits per heavy atom. The SMILES string of the molecule is COc1ccc(NC(=O)CCCN2C(=O)/C(=C/c3c4ccccc4cc4ccccc34)SC2=S)cc1. The van der Waals surface area contributed by atoms with Gasteiger partial charge in [0.05, 0.1) is 12.0 Å². The van der Waals surface area contributed by atoms with Gasteiger partial charge in [0.25, 0.3) is 5.91 Å². The van der Waals surface area contributed by atoms with Gasteiger partial charge < -0.3 is 10.1 Å². The van der Waals surface area contributed by atoms with Crippen molar-refractivity contribution < 1.29 is 14.3 Å². The van der Waals surface area contributed by atoms with Crippen LogP contribution >= 0.6 is 24.0 Å². The van der Waals surface area contributed by atoms with E-state index in [1.165, 1.54) is 11.8 Å². The van der Waals surface area contributed by atoms with Crippen molar-refractivity contribution in [3.8, 4) is 5.75 Å². The summed E-state index contributed by atoms with van der Waals surface area (Å²) in [7, 11) is 1.60. The molecule has 5 nitrogen and oxygen atoms in total. The number of amides is 2. The summed E-state index contributed by atoms with van der Waals surface area (Å²) in [5.41, 5.74) is 1.72. The average Bonchev–Trinajstić information content (AvgIpc) is 3.16. The van der Waals surface area contributed by atoms with E-state index in [1.54, 1.807) is 36.3 Å². The fraction of sp³-hybridized carbons (Fsp3) is 0.138. The van der Waals surface area contributed by atoms with Gasteiger partial charge in [0.15, 0.2) is 0 Å². The van der Waals surface area contributed by atoms with E-state index in [0.29, 0.717) is 27.9 Å². The Labute approximate surface area is 219 Å². The van der Waals surface area contributed by atoms with Gasteiger partial charge in [0, 0.05) is 18.7 Å². The van der Waals surface area contributed by atoms with Gasteiger partial charge in [0.2, 0.25) is 5.91 Å². The van der Waals surface area contributed by atoms with E-state index in [4.69, 9.17) is 17.0 Å². The maximum Gasteiger partial charge on any atom is 0.266 e. The Balaban J connectivity index is 1.29. The van der Waals surface area contributed by atoms with Gasteiger partial charge in [-0.05, 0) is 69.9 Å². The van der Waals surface area contributed by atoms with Gasteiger partial charge in [-0.1, -0.05) is 72.5 Å². The number of carbonyl (C=O) groups excluding carboxylic acids is 2. The topological polar surface area (TPSA) is 58.6 Å². The third-order valence-electron chi connectivity index (χ3n) is 6.12. The predicted octanol–water partition coefficient (Wildman–Crippen LogP) is 6.62. The van der Waals surface area contributed by atoms with Crippen molar-refractivity contribution in [2.45, 2.75) is 12.8 Å². The molecule has 1 aliphatic heterocycles. The minimum absolute atomic E-state index is 0.108. The highest BCUT2D eigenvalue weighted by Crippen LogP contribution is 2.36. The molecule has 1 N–H and O–H groups in total. The molecule has 0 bridgehead atoms. The minimum Gasteiger partial charge on any atom is -0.497 e. The summed E-state index contributed by atoms with van der Waals surface area (Å²) in [6.45, 7) is 0.397. The number of rotatable bonds is 7. The molecule has 7 heteroatoms. The molecule has 0 unspecified atom stereocenters. The summed E-state index contributed by atoms with van der Waals surface area (Å²) >= 11 is 6.84. The van der Waals surface area contributed by atoms with Crippen molar-refractivity contribution in [3.05, 3.63) is 89.3 Å². The zero-order valence-electron chi connectivity index (χ0n) is 19.7. The number of carbonyl (C=O) groups is 2. The fourth-order valence-electron chi connectivity index (χ4n) is 4.32. The molecular weight excluding hydrogens is 488 g/mol. The molecule has 4 aromatic rings. The van der Waals surface area contributed by atoms with Gasteiger partial charge in [-0.15, -0.1) is 0 Å². The number of thioether (sulfide) groups is 1. The molecule has 0 aromatic heterocycles. The van der Waals surface area contributed by atoms with E-state index in [2.05, 4.69) is 35.6 Å². The van der Waals surface area contributed by atoms with Gasteiger partial charge in [-0.3, -0.25) is 14.5 Å². The molecule has 0 spiro atoms. The maximum absolute atomic E-state index is 13.3. The molecular formula is C29H24N2O3S2. The molecule has 0 saturated carbocycles. The third-order valence-corrected chi connectivity index (χ3v) is 7.50. The number of hydrogen-bond acceptors (Lipinski definition) is 5. The summed E-state index contributed by atoms with van der Waals surface area (Å²) in [6, 6.07) is 25.7. The Hall–Kier alpha value is -3.68. The summed E-state index contributed by atoms with van der Waals surface area (Å²) in [5, 5.41) is 7.31. The first-order valence-corrected chi connectivity index (χ1v) is 12.9. The molecule has 1 aliphatic rings. The van der Waals surface area contributed by atoms with Gasteiger partial charge in [-0.2, -0.15) is 0 Å². The molecule has 1 heterocycles. The molecule has 1 saturated heterocycles. The number of nitrogens with zero attached hydrogens (tertiary/aromatic N) is 1. The van der Waals surface area contributed by atoms with Gasteiger partial charge >= 0.3 is 0 Å². The van der Waals surface area contributed by atoms with Crippen molar-refractivity contribution in [1.29, 1.82) is 0 Å². The Bertz CT molecular complexity index is 1460. The third kappa shape index (κ3) is 4.98. The molecule has 0 atom stereocenters. The molecule has 36 heavy (non-hydrogen) atoms. The predicted molar refractivity (Wildman–Crippen MR) is 152 cm³/mol. The number of nitrogens with one attached hydrogen (secondary N) is 1. The summed E-state index contributed by atoms with van der Waals surface area (Å²) in [4.78, 5) is 27.8. The van der Waals surface area contributed by atoms with E-state index < -0.39 is 0 Å². The largest absolute Gasteiger partial charge is 0.497 e. The van der Waals surface area contributed by atoms with E-state index in [-0.39, 0.29) is 18.2 Å². The average molecular weight is 513 g/mol. The van der Waals surface area contributed by atoms with Crippen LogP contribution in [0.1, 0.15) is 18.4 Å². The van der Waals surface area contributed by atoms with Gasteiger partial charge in [0.1, 0.15) is 10.1 Å². The van der Waals surface area contributed by atoms with E-state index in [0.717, 1.165) is 32.9 Å². The first-order valence-electron chi connectivity index (χ1n) is 11.6. The van der Waals surface area contributed by atoms with Crippen LogP contribution in [0.5, 0.6) is 5.75 Å². The number of hydrogen-bond donors (Lipinski definition) is 1. The molecule has 2 amide bonds. The van der Waals surface area contributed by atoms with Crippen molar-refractivity contribution in [2.24, 2.45) is 0 Å². The highest BCUT2D eigenvalue weighted by atomic mass is 32.2. The van der Waals surface area contributed by atoms with Crippen LogP contribution in [0.25, 0.3) is 27.6 Å². The van der Waals surface area contributed by atoms with E-state index >= 15 is 0 Å². The standard InChI is InChI=1S/C29H24N2O3S2/c1-34-22-14-12-21(13-15-22)30-27(32)11-6-16-31-28(33)26(36-29(31)35)18-25-23-9-4-2-7-19(23)17-20-8-3-5-10-24(20)25/h2-5,7-10,12-15,17-18H,6,11,16H2,1H3,(H,30,32)/b26-18-. The zero-order chi connectivity index (χ0) is 25.1. The Kier molecular flexibility index (Phi) is 7.02. The number of anilines is 1. The summed E-state index contributed by atoms with van der Waals surface area (Å²) in [6.07, 6.45) is 2.76. The number of fused-ring (bicyclic) bond motifs is 2. The first kappa shape index (κ1) is 24.0. The van der Waals surface area contributed by atoms with E-state index in [9.17, 15) is 9.59 Å². The van der Waals surface area contributed by atoms with Crippen LogP contribution in [0, 0.1) is 0 Å². The smallest absolute Gasteiger partial charge is 0.266 e. The van der Waals surface area contributed by atoms with Crippen LogP contribution in [0.4, 0.5) is 5.69 Å². The zero-order valence-corrected chi connectivity index (χ0v) is 21.3. The van der Waals surface area contributed by atoms with E-state index in [1.807, 2.05) is 30.3 Å². The first-order chi connectivity index (χ1) is 17.5. The number of methoxy groups -OCH3 is 1. The lowest BCUT2D eigenvalue weighted by Crippen LogP contribution is -2.29. The molecule has 1 fully saturated rings. The number of thiocarbonyl (C=S) groups is 1. The van der Waals surface area contributed by atoms with Crippen LogP contribution in [0.3, 0.4) is 0 Å². The number of ether oxygens (including phenoxy) is 1. The van der Waals surface area contributed by atoms with Crippen molar-refractivity contribution in [3.63, 3.8) is 0 Å². The fourth-order valence-corrected chi connectivity index (χ4v) is 5.61. The van der Waals surface area contributed by atoms with Crippen LogP contribution in [-0.4, -0.2) is 34.7 Å². The normalized spacial score (nSPS) is 14.7. The molecule has 0 aliphatic carbocycles. The summed E-state index contributed by atoms with van der Waals surface area (Å²) < 4.78 is 5.66. The Morgan fingerprint density at radius 3 is 2.28 bits per heavy atom. The maximum atomic E-state index is 13.3. The van der Waals surface area contributed by atoms with Crippen molar-refractivity contribution >= 4 is 73.4 Å².